The lowest BCUT2D eigenvalue weighted by Crippen LogP contribution is -2.52. The summed E-state index contributed by atoms with van der Waals surface area (Å²) in [7, 11) is 0. The summed E-state index contributed by atoms with van der Waals surface area (Å²) in [5.41, 5.74) is 1.26. The van der Waals surface area contributed by atoms with E-state index in [4.69, 9.17) is 4.74 Å². The Labute approximate surface area is 188 Å². The number of nitrogens with zero attached hydrogens (tertiary/aromatic N) is 1. The number of aryl methyl sites for hydroxylation is 1. The fraction of sp³-hybridized carbons (Fsp3) is 0.417. The second-order valence-corrected chi connectivity index (χ2v) is 8.89. The van der Waals surface area contributed by atoms with Crippen LogP contribution in [0.3, 0.4) is 0 Å². The molecule has 0 bridgehead atoms. The van der Waals surface area contributed by atoms with Gasteiger partial charge >= 0.3 is 12.3 Å². The number of benzene rings is 2. The number of aliphatic carboxylic acids is 1. The van der Waals surface area contributed by atoms with Gasteiger partial charge in [0, 0.05) is 12.1 Å². The summed E-state index contributed by atoms with van der Waals surface area (Å²) < 4.78 is 49.6. The lowest BCUT2D eigenvalue weighted by molar-refractivity contribution is -0.274. The van der Waals surface area contributed by atoms with E-state index in [0.29, 0.717) is 41.1 Å². The first-order valence-corrected chi connectivity index (χ1v) is 10.6. The minimum absolute atomic E-state index is 0.175. The maximum absolute atomic E-state index is 13.1. The largest absolute Gasteiger partial charge is 0.573 e. The molecule has 0 radical (unpaired) electrons. The van der Waals surface area contributed by atoms with Gasteiger partial charge in [-0.25, -0.2) is 0 Å². The summed E-state index contributed by atoms with van der Waals surface area (Å²) in [6.45, 7) is 7.23. The van der Waals surface area contributed by atoms with Gasteiger partial charge in [0.15, 0.2) is 5.60 Å². The molecule has 0 saturated heterocycles. The Bertz CT molecular complexity index is 1140. The molecule has 1 aliphatic carbocycles. The van der Waals surface area contributed by atoms with Gasteiger partial charge in [-0.05, 0) is 81.0 Å². The van der Waals surface area contributed by atoms with E-state index in [1.807, 2.05) is 0 Å². The molecule has 4 rings (SSSR count). The first kappa shape index (κ1) is 22.9. The van der Waals surface area contributed by atoms with Crippen LogP contribution in [0.2, 0.25) is 0 Å². The van der Waals surface area contributed by atoms with E-state index in [9.17, 15) is 27.9 Å². The Morgan fingerprint density at radius 1 is 1.24 bits per heavy atom. The van der Waals surface area contributed by atoms with Gasteiger partial charge in [0.05, 0.1) is 11.6 Å². The fourth-order valence-electron chi connectivity index (χ4n) is 4.36. The molecule has 0 aromatic heterocycles. The highest BCUT2D eigenvalue weighted by molar-refractivity contribution is 6.03. The van der Waals surface area contributed by atoms with E-state index in [1.165, 1.54) is 17.0 Å². The zero-order valence-corrected chi connectivity index (χ0v) is 18.6. The number of likely N-dealkylation sites (N-methyl/N-ethyl adjacent to an activating group) is 1. The fourth-order valence-corrected chi connectivity index (χ4v) is 4.36. The molecule has 1 heterocycles. The van der Waals surface area contributed by atoms with Crippen LogP contribution >= 0.6 is 0 Å². The normalized spacial score (nSPS) is 21.3. The van der Waals surface area contributed by atoms with Crippen LogP contribution < -0.4 is 14.4 Å². The lowest BCUT2D eigenvalue weighted by atomic mass is 9.93. The maximum Gasteiger partial charge on any atom is 0.573 e. The maximum atomic E-state index is 13.1. The Kier molecular flexibility index (Phi) is 5.34. The van der Waals surface area contributed by atoms with Gasteiger partial charge in [0.2, 0.25) is 0 Å². The predicted molar refractivity (Wildman–Crippen MR) is 115 cm³/mol. The summed E-state index contributed by atoms with van der Waals surface area (Å²) in [6, 6.07) is 7.57. The Morgan fingerprint density at radius 3 is 2.52 bits per heavy atom. The molecule has 176 valence electrons. The Morgan fingerprint density at radius 2 is 1.94 bits per heavy atom. The number of carbonyl (C=O) groups excluding carboxylic acids is 1. The van der Waals surface area contributed by atoms with E-state index in [1.54, 1.807) is 45.9 Å². The average Bonchev–Trinajstić information content (AvgIpc) is 3.49. The molecule has 1 N–H and O–H groups in total. The third-order valence-electron chi connectivity index (χ3n) is 6.09. The monoisotopic (exact) mass is 463 g/mol. The molecule has 0 unspecified atom stereocenters. The van der Waals surface area contributed by atoms with Crippen LogP contribution in [0.25, 0.3) is 11.1 Å². The van der Waals surface area contributed by atoms with Crippen molar-refractivity contribution in [2.75, 3.05) is 11.4 Å². The molecule has 1 fully saturated rings. The van der Waals surface area contributed by atoms with Gasteiger partial charge in [-0.2, -0.15) is 0 Å². The zero-order valence-electron chi connectivity index (χ0n) is 18.6. The number of carbonyl (C=O) groups is 2. The van der Waals surface area contributed by atoms with E-state index < -0.39 is 29.6 Å². The standard InChI is InChI=1S/C24H24F3NO5/c1-5-28-18-11-14(12(2)8-20(18)32-23(3,4)22(28)31)16-9-13(15-10-17(15)21(29)30)6-7-19(16)33-24(25,26)27/h6-9,11,15,17H,5,10H2,1-4H3,(H,29,30)/t15-,17+/m0/s1. The topological polar surface area (TPSA) is 76.1 Å². The van der Waals surface area contributed by atoms with Gasteiger partial charge in [0.25, 0.3) is 5.91 Å². The van der Waals surface area contributed by atoms with Crippen molar-refractivity contribution >= 4 is 17.6 Å². The average molecular weight is 463 g/mol. The molecule has 9 heteroatoms. The SMILES string of the molecule is CCN1C(=O)C(C)(C)Oc2cc(C)c(-c3cc([C@@H]4C[C@H]4C(=O)O)ccc3OC(F)(F)F)cc21. The quantitative estimate of drug-likeness (QED) is 0.654. The van der Waals surface area contributed by atoms with Crippen LogP contribution in [0.4, 0.5) is 18.9 Å². The lowest BCUT2D eigenvalue weighted by Gasteiger charge is -2.39. The number of hydrogen-bond acceptors (Lipinski definition) is 4. The summed E-state index contributed by atoms with van der Waals surface area (Å²) in [4.78, 5) is 25.7. The molecule has 6 nitrogen and oxygen atoms in total. The van der Waals surface area contributed by atoms with Crippen molar-refractivity contribution in [1.29, 1.82) is 0 Å². The van der Waals surface area contributed by atoms with E-state index in [0.717, 1.165) is 0 Å². The summed E-state index contributed by atoms with van der Waals surface area (Å²) in [6.07, 6.45) is -4.47. The molecule has 0 spiro atoms. The highest BCUT2D eigenvalue weighted by Crippen LogP contribution is 2.50. The third-order valence-corrected chi connectivity index (χ3v) is 6.09. The smallest absolute Gasteiger partial charge is 0.481 e. The molecular weight excluding hydrogens is 439 g/mol. The number of carboxylic acids is 1. The van der Waals surface area contributed by atoms with Crippen molar-refractivity contribution < 1.29 is 37.3 Å². The van der Waals surface area contributed by atoms with E-state index in [-0.39, 0.29) is 17.4 Å². The zero-order chi connectivity index (χ0) is 24.3. The second kappa shape index (κ2) is 7.67. The second-order valence-electron chi connectivity index (χ2n) is 8.89. The summed E-state index contributed by atoms with van der Waals surface area (Å²) >= 11 is 0. The number of halogens is 3. The number of hydrogen-bond donors (Lipinski definition) is 1. The first-order chi connectivity index (χ1) is 15.3. The van der Waals surface area contributed by atoms with Gasteiger partial charge < -0.3 is 19.5 Å². The number of anilines is 1. The van der Waals surface area contributed by atoms with Crippen molar-refractivity contribution in [2.24, 2.45) is 5.92 Å². The van der Waals surface area contributed by atoms with Crippen molar-refractivity contribution in [3.8, 4) is 22.6 Å². The minimum Gasteiger partial charge on any atom is -0.481 e. The molecule has 2 atom stereocenters. The number of alkyl halides is 3. The van der Waals surface area contributed by atoms with Crippen LogP contribution in [-0.4, -0.2) is 35.5 Å². The van der Waals surface area contributed by atoms with Crippen LogP contribution in [0.1, 0.15) is 44.2 Å². The molecular formula is C24H24F3NO5. The molecule has 1 saturated carbocycles. The highest BCUT2D eigenvalue weighted by atomic mass is 19.4. The van der Waals surface area contributed by atoms with Crippen molar-refractivity contribution in [3.63, 3.8) is 0 Å². The Hall–Kier alpha value is -3.23. The molecule has 2 aromatic rings. The van der Waals surface area contributed by atoms with Crippen molar-refractivity contribution in [3.05, 3.63) is 41.5 Å². The van der Waals surface area contributed by atoms with Crippen molar-refractivity contribution in [2.45, 2.75) is 52.0 Å². The number of ether oxygens (including phenoxy) is 2. The molecule has 2 aliphatic rings. The van der Waals surface area contributed by atoms with Gasteiger partial charge in [-0.15, -0.1) is 13.2 Å². The van der Waals surface area contributed by atoms with Gasteiger partial charge in [0.1, 0.15) is 11.5 Å². The summed E-state index contributed by atoms with van der Waals surface area (Å²) in [5.74, 6) is -1.94. The number of fused-ring (bicyclic) bond motifs is 1. The van der Waals surface area contributed by atoms with Crippen molar-refractivity contribution in [1.82, 2.24) is 0 Å². The number of rotatable bonds is 5. The molecule has 1 amide bonds. The molecule has 2 aromatic carbocycles. The van der Waals surface area contributed by atoms with Crippen LogP contribution in [0, 0.1) is 12.8 Å². The van der Waals surface area contributed by atoms with Crippen LogP contribution in [0.5, 0.6) is 11.5 Å². The predicted octanol–water partition coefficient (Wildman–Crippen LogP) is 5.27. The highest BCUT2D eigenvalue weighted by Gasteiger charge is 2.45. The van der Waals surface area contributed by atoms with Crippen LogP contribution in [0.15, 0.2) is 30.3 Å². The summed E-state index contributed by atoms with van der Waals surface area (Å²) in [5, 5.41) is 9.25. The number of amides is 1. The Balaban J connectivity index is 1.86. The molecule has 1 aliphatic heterocycles. The third kappa shape index (κ3) is 4.24. The number of carboxylic acid groups (broad SMARTS) is 1. The van der Waals surface area contributed by atoms with Crippen LogP contribution in [-0.2, 0) is 9.59 Å². The molecule has 33 heavy (non-hydrogen) atoms. The minimum atomic E-state index is -4.90. The first-order valence-electron chi connectivity index (χ1n) is 10.6. The van der Waals surface area contributed by atoms with E-state index in [2.05, 4.69) is 4.74 Å². The van der Waals surface area contributed by atoms with Gasteiger partial charge in [-0.1, -0.05) is 6.07 Å². The van der Waals surface area contributed by atoms with Gasteiger partial charge in [-0.3, -0.25) is 9.59 Å². The van der Waals surface area contributed by atoms with E-state index >= 15 is 0 Å².